The van der Waals surface area contributed by atoms with Crippen LogP contribution in [-0.2, 0) is 0 Å². The van der Waals surface area contributed by atoms with Gasteiger partial charge in [0.25, 0.3) is 0 Å². The number of hydrogen-bond acceptors (Lipinski definition) is 2. The fourth-order valence-corrected chi connectivity index (χ4v) is 3.30. The lowest BCUT2D eigenvalue weighted by Gasteiger charge is -2.34. The monoisotopic (exact) mass is 265 g/mol. The Labute approximate surface area is 114 Å². The van der Waals surface area contributed by atoms with Crippen molar-refractivity contribution in [1.82, 2.24) is 0 Å². The maximum absolute atomic E-state index is 13.7. The first kappa shape index (κ1) is 14.5. The standard InChI is InChI=1S/C16H24FNO/c1-3-12-6-7-16(9-12,10-18)15(19)13-5-4-11(2)14(17)8-13/h4-5,8,12,15,19H,3,6-7,9-10,18H2,1-2H3. The van der Waals surface area contributed by atoms with Gasteiger partial charge in [-0.05, 0) is 49.3 Å². The molecule has 0 radical (unpaired) electrons. The molecule has 3 heteroatoms. The average molecular weight is 265 g/mol. The number of rotatable bonds is 4. The first-order valence-corrected chi connectivity index (χ1v) is 7.16. The Morgan fingerprint density at radius 3 is 2.79 bits per heavy atom. The first-order chi connectivity index (χ1) is 9.02. The van der Waals surface area contributed by atoms with Gasteiger partial charge >= 0.3 is 0 Å². The van der Waals surface area contributed by atoms with Crippen molar-refractivity contribution in [2.75, 3.05) is 6.54 Å². The van der Waals surface area contributed by atoms with Crippen molar-refractivity contribution in [3.63, 3.8) is 0 Å². The minimum atomic E-state index is -0.663. The summed E-state index contributed by atoms with van der Waals surface area (Å²) in [6.45, 7) is 4.36. The molecule has 0 aromatic heterocycles. The van der Waals surface area contributed by atoms with Gasteiger partial charge in [-0.25, -0.2) is 4.39 Å². The molecule has 1 aromatic carbocycles. The van der Waals surface area contributed by atoms with E-state index in [0.717, 1.165) is 25.7 Å². The van der Waals surface area contributed by atoms with Crippen LogP contribution in [0.15, 0.2) is 18.2 Å². The van der Waals surface area contributed by atoms with Crippen molar-refractivity contribution in [2.24, 2.45) is 17.1 Å². The highest BCUT2D eigenvalue weighted by Crippen LogP contribution is 2.50. The van der Waals surface area contributed by atoms with Gasteiger partial charge in [0.1, 0.15) is 5.82 Å². The SMILES string of the molecule is CCC1CCC(CN)(C(O)c2ccc(C)c(F)c2)C1. The molecule has 1 aliphatic carbocycles. The van der Waals surface area contributed by atoms with E-state index in [1.165, 1.54) is 6.07 Å². The highest BCUT2D eigenvalue weighted by molar-refractivity contribution is 5.26. The number of aliphatic hydroxyl groups excluding tert-OH is 1. The van der Waals surface area contributed by atoms with E-state index in [2.05, 4.69) is 6.92 Å². The lowest BCUT2D eigenvalue weighted by molar-refractivity contribution is 0.0299. The molecule has 2 nitrogen and oxygen atoms in total. The molecule has 3 atom stereocenters. The van der Waals surface area contributed by atoms with Crippen molar-refractivity contribution < 1.29 is 9.50 Å². The molecule has 2 rings (SSSR count). The maximum Gasteiger partial charge on any atom is 0.126 e. The summed E-state index contributed by atoms with van der Waals surface area (Å²) in [5, 5.41) is 10.7. The third-order valence-corrected chi connectivity index (χ3v) is 4.82. The Morgan fingerprint density at radius 1 is 1.53 bits per heavy atom. The molecule has 0 amide bonds. The quantitative estimate of drug-likeness (QED) is 0.877. The number of aryl methyl sites for hydroxylation is 1. The van der Waals surface area contributed by atoms with Crippen molar-refractivity contribution >= 4 is 0 Å². The minimum absolute atomic E-state index is 0.256. The van der Waals surface area contributed by atoms with Crippen molar-refractivity contribution in [3.05, 3.63) is 35.1 Å². The Kier molecular flexibility index (Phi) is 4.26. The van der Waals surface area contributed by atoms with E-state index in [1.807, 2.05) is 6.07 Å². The molecule has 0 saturated heterocycles. The Morgan fingerprint density at radius 2 is 2.26 bits per heavy atom. The summed E-state index contributed by atoms with van der Waals surface area (Å²) in [7, 11) is 0. The second kappa shape index (κ2) is 5.59. The molecule has 1 aromatic rings. The van der Waals surface area contributed by atoms with E-state index in [0.29, 0.717) is 23.6 Å². The Hall–Kier alpha value is -0.930. The molecule has 19 heavy (non-hydrogen) atoms. The summed E-state index contributed by atoms with van der Waals surface area (Å²) in [4.78, 5) is 0. The van der Waals surface area contributed by atoms with Crippen LogP contribution in [0.4, 0.5) is 4.39 Å². The van der Waals surface area contributed by atoms with Crippen LogP contribution in [0.2, 0.25) is 0 Å². The van der Waals surface area contributed by atoms with E-state index < -0.39 is 6.10 Å². The van der Waals surface area contributed by atoms with Crippen LogP contribution in [-0.4, -0.2) is 11.7 Å². The Bertz CT molecular complexity index is 448. The average Bonchev–Trinajstić information content (AvgIpc) is 2.86. The molecule has 1 saturated carbocycles. The molecule has 106 valence electrons. The van der Waals surface area contributed by atoms with Gasteiger partial charge in [0.15, 0.2) is 0 Å². The normalized spacial score (nSPS) is 28.6. The maximum atomic E-state index is 13.7. The summed E-state index contributed by atoms with van der Waals surface area (Å²) in [6, 6.07) is 5.00. The number of hydrogen-bond donors (Lipinski definition) is 2. The van der Waals surface area contributed by atoms with Crippen LogP contribution in [0.3, 0.4) is 0 Å². The van der Waals surface area contributed by atoms with E-state index in [4.69, 9.17) is 5.73 Å². The van der Waals surface area contributed by atoms with E-state index >= 15 is 0 Å². The predicted molar refractivity (Wildman–Crippen MR) is 75.2 cm³/mol. The molecule has 0 aliphatic heterocycles. The van der Waals surface area contributed by atoms with Crippen LogP contribution < -0.4 is 5.73 Å². The third kappa shape index (κ3) is 2.67. The van der Waals surface area contributed by atoms with Crippen LogP contribution in [0, 0.1) is 24.1 Å². The Balaban J connectivity index is 2.25. The number of halogens is 1. The lowest BCUT2D eigenvalue weighted by atomic mass is 9.76. The van der Waals surface area contributed by atoms with Gasteiger partial charge in [-0.3, -0.25) is 0 Å². The molecule has 3 N–H and O–H groups in total. The zero-order valence-corrected chi connectivity index (χ0v) is 11.8. The van der Waals surface area contributed by atoms with Gasteiger partial charge in [-0.2, -0.15) is 0 Å². The van der Waals surface area contributed by atoms with Gasteiger partial charge in [0.05, 0.1) is 6.10 Å². The summed E-state index contributed by atoms with van der Waals surface area (Å²) in [6.07, 6.45) is 3.44. The molecular formula is C16H24FNO. The second-order valence-electron chi connectivity index (χ2n) is 5.99. The molecular weight excluding hydrogens is 241 g/mol. The topological polar surface area (TPSA) is 46.2 Å². The van der Waals surface area contributed by atoms with E-state index in [1.54, 1.807) is 13.0 Å². The van der Waals surface area contributed by atoms with Gasteiger partial charge in [0, 0.05) is 12.0 Å². The van der Waals surface area contributed by atoms with Crippen molar-refractivity contribution in [2.45, 2.75) is 45.6 Å². The molecule has 1 aliphatic rings. The minimum Gasteiger partial charge on any atom is -0.388 e. The summed E-state index contributed by atoms with van der Waals surface area (Å²) >= 11 is 0. The number of aliphatic hydroxyl groups is 1. The predicted octanol–water partition coefficient (Wildman–Crippen LogP) is 3.32. The van der Waals surface area contributed by atoms with Gasteiger partial charge in [-0.1, -0.05) is 25.5 Å². The van der Waals surface area contributed by atoms with Crippen LogP contribution >= 0.6 is 0 Å². The molecule has 3 unspecified atom stereocenters. The number of nitrogens with two attached hydrogens (primary N) is 1. The zero-order chi connectivity index (χ0) is 14.0. The van der Waals surface area contributed by atoms with Gasteiger partial charge < -0.3 is 10.8 Å². The van der Waals surface area contributed by atoms with Gasteiger partial charge in [-0.15, -0.1) is 0 Å². The first-order valence-electron chi connectivity index (χ1n) is 7.16. The number of benzene rings is 1. The fourth-order valence-electron chi connectivity index (χ4n) is 3.30. The molecule has 0 spiro atoms. The van der Waals surface area contributed by atoms with E-state index in [-0.39, 0.29) is 11.2 Å². The molecule has 0 bridgehead atoms. The third-order valence-electron chi connectivity index (χ3n) is 4.82. The highest BCUT2D eigenvalue weighted by atomic mass is 19.1. The second-order valence-corrected chi connectivity index (χ2v) is 5.99. The lowest BCUT2D eigenvalue weighted by Crippen LogP contribution is -2.34. The van der Waals surface area contributed by atoms with Crippen LogP contribution in [0.5, 0.6) is 0 Å². The summed E-state index contributed by atoms with van der Waals surface area (Å²) in [5.74, 6) is 0.377. The van der Waals surface area contributed by atoms with Crippen LogP contribution in [0.1, 0.15) is 49.8 Å². The smallest absolute Gasteiger partial charge is 0.126 e. The fraction of sp³-hybridized carbons (Fsp3) is 0.625. The molecule has 1 fully saturated rings. The summed E-state index contributed by atoms with van der Waals surface area (Å²) < 4.78 is 13.7. The summed E-state index contributed by atoms with van der Waals surface area (Å²) in [5.41, 5.74) is 6.93. The van der Waals surface area contributed by atoms with Gasteiger partial charge in [0.2, 0.25) is 0 Å². The van der Waals surface area contributed by atoms with Crippen molar-refractivity contribution in [3.8, 4) is 0 Å². The van der Waals surface area contributed by atoms with Crippen LogP contribution in [0.25, 0.3) is 0 Å². The zero-order valence-electron chi connectivity index (χ0n) is 11.8. The highest BCUT2D eigenvalue weighted by Gasteiger charge is 2.43. The largest absolute Gasteiger partial charge is 0.388 e. The molecule has 0 heterocycles. The van der Waals surface area contributed by atoms with E-state index in [9.17, 15) is 9.50 Å². The van der Waals surface area contributed by atoms with Crippen molar-refractivity contribution in [1.29, 1.82) is 0 Å².